The molecule has 1 aliphatic heterocycles. The zero-order valence-electron chi connectivity index (χ0n) is 12.2. The number of hydrogen-bond donors (Lipinski definition) is 0. The second-order valence-electron chi connectivity index (χ2n) is 4.92. The Balaban J connectivity index is 2.01. The number of rotatable bonds is 7. The van der Waals surface area contributed by atoms with Gasteiger partial charge in [0, 0.05) is 17.4 Å². The minimum Gasteiger partial charge on any atom is -0.454 e. The van der Waals surface area contributed by atoms with E-state index >= 15 is 0 Å². The van der Waals surface area contributed by atoms with Gasteiger partial charge in [-0.2, -0.15) is 11.8 Å². The van der Waals surface area contributed by atoms with Crippen molar-refractivity contribution in [3.63, 3.8) is 0 Å². The quantitative estimate of drug-likeness (QED) is 0.723. The summed E-state index contributed by atoms with van der Waals surface area (Å²) >= 11 is 1.81. The van der Waals surface area contributed by atoms with E-state index in [2.05, 4.69) is 18.1 Å². The van der Waals surface area contributed by atoms with Crippen molar-refractivity contribution in [3.8, 4) is 11.5 Å². The lowest BCUT2D eigenvalue weighted by atomic mass is 10.1. The van der Waals surface area contributed by atoms with Crippen molar-refractivity contribution < 1.29 is 14.3 Å². The van der Waals surface area contributed by atoms with Crippen LogP contribution in [0.5, 0.6) is 11.5 Å². The van der Waals surface area contributed by atoms with Crippen molar-refractivity contribution in [3.05, 3.63) is 23.8 Å². The minimum absolute atomic E-state index is 0.116. The van der Waals surface area contributed by atoms with Gasteiger partial charge in [-0.25, -0.2) is 0 Å². The van der Waals surface area contributed by atoms with Gasteiger partial charge in [0.2, 0.25) is 6.79 Å². The van der Waals surface area contributed by atoms with E-state index in [0.717, 1.165) is 12.2 Å². The van der Waals surface area contributed by atoms with Crippen molar-refractivity contribution >= 4 is 17.5 Å². The van der Waals surface area contributed by atoms with Crippen LogP contribution in [0.15, 0.2) is 18.2 Å². The fourth-order valence-corrected chi connectivity index (χ4v) is 3.14. The van der Waals surface area contributed by atoms with Crippen LogP contribution in [-0.2, 0) is 0 Å². The van der Waals surface area contributed by atoms with Gasteiger partial charge in [0.15, 0.2) is 17.3 Å². The van der Waals surface area contributed by atoms with Crippen LogP contribution in [-0.4, -0.2) is 49.1 Å². The number of Topliss-reactive ketones (excluding diaryl/α,β-unsaturated/α-hetero) is 1. The average Bonchev–Trinajstić information content (AvgIpc) is 2.91. The molecule has 0 saturated heterocycles. The molecule has 0 fully saturated rings. The van der Waals surface area contributed by atoms with Gasteiger partial charge in [0.05, 0.1) is 6.54 Å². The van der Waals surface area contributed by atoms with Crippen molar-refractivity contribution in [1.29, 1.82) is 0 Å². The Kier molecular flexibility index (Phi) is 5.31. The summed E-state index contributed by atoms with van der Waals surface area (Å²) in [6.45, 7) is 2.82. The maximum atomic E-state index is 12.3. The topological polar surface area (TPSA) is 38.8 Å². The van der Waals surface area contributed by atoms with Crippen LogP contribution < -0.4 is 9.47 Å². The van der Waals surface area contributed by atoms with E-state index in [9.17, 15) is 4.79 Å². The van der Waals surface area contributed by atoms with Gasteiger partial charge in [-0.3, -0.25) is 9.69 Å². The Morgan fingerprint density at radius 2 is 2.15 bits per heavy atom. The fourth-order valence-electron chi connectivity index (χ4n) is 2.27. The van der Waals surface area contributed by atoms with Crippen molar-refractivity contribution in [2.24, 2.45) is 0 Å². The van der Waals surface area contributed by atoms with Crippen LogP contribution in [0.25, 0.3) is 0 Å². The molecule has 110 valence electrons. The van der Waals surface area contributed by atoms with E-state index in [0.29, 0.717) is 29.6 Å². The summed E-state index contributed by atoms with van der Waals surface area (Å²) in [5.41, 5.74) is 0.681. The molecule has 0 saturated carbocycles. The second-order valence-corrected chi connectivity index (χ2v) is 5.83. The molecule has 1 aromatic rings. The standard InChI is InChI=1S/C15H21NO3S/c1-4-12(9-20-3)16(2)8-13(17)11-5-6-14-15(7-11)19-10-18-14/h5-7,12H,4,8-10H2,1-3H3. The summed E-state index contributed by atoms with van der Waals surface area (Å²) in [6.07, 6.45) is 3.14. The lowest BCUT2D eigenvalue weighted by Gasteiger charge is -2.25. The summed E-state index contributed by atoms with van der Waals surface area (Å²) in [5.74, 6) is 2.53. The molecule has 0 bridgehead atoms. The number of ketones is 1. The van der Waals surface area contributed by atoms with E-state index in [1.54, 1.807) is 18.2 Å². The molecular formula is C15H21NO3S. The molecule has 0 amide bonds. The van der Waals surface area contributed by atoms with Crippen LogP contribution in [0.1, 0.15) is 23.7 Å². The Morgan fingerprint density at radius 1 is 1.40 bits per heavy atom. The zero-order chi connectivity index (χ0) is 14.5. The monoisotopic (exact) mass is 295 g/mol. The van der Waals surface area contributed by atoms with E-state index < -0.39 is 0 Å². The molecule has 5 heteroatoms. The number of fused-ring (bicyclic) bond motifs is 1. The molecule has 0 aromatic heterocycles. The third-order valence-electron chi connectivity index (χ3n) is 3.54. The molecular weight excluding hydrogens is 274 g/mol. The van der Waals surface area contributed by atoms with Gasteiger partial charge < -0.3 is 9.47 Å². The predicted molar refractivity (Wildman–Crippen MR) is 82.0 cm³/mol. The van der Waals surface area contributed by atoms with Crippen molar-refractivity contribution in [2.45, 2.75) is 19.4 Å². The third-order valence-corrected chi connectivity index (χ3v) is 4.26. The Morgan fingerprint density at radius 3 is 2.85 bits per heavy atom. The lowest BCUT2D eigenvalue weighted by molar-refractivity contribution is 0.0924. The number of hydrogen-bond acceptors (Lipinski definition) is 5. The highest BCUT2D eigenvalue weighted by Gasteiger charge is 2.19. The summed E-state index contributed by atoms with van der Waals surface area (Å²) < 4.78 is 10.6. The summed E-state index contributed by atoms with van der Waals surface area (Å²) in [6, 6.07) is 5.81. The molecule has 0 aliphatic carbocycles. The van der Waals surface area contributed by atoms with Crippen LogP contribution in [0.3, 0.4) is 0 Å². The van der Waals surface area contributed by atoms with E-state index in [-0.39, 0.29) is 12.6 Å². The van der Waals surface area contributed by atoms with Gasteiger partial charge in [-0.05, 0) is 37.9 Å². The third kappa shape index (κ3) is 3.46. The lowest BCUT2D eigenvalue weighted by Crippen LogP contribution is -2.37. The first-order valence-corrected chi connectivity index (χ1v) is 8.17. The normalized spacial score (nSPS) is 14.6. The smallest absolute Gasteiger partial charge is 0.231 e. The minimum atomic E-state index is 0.116. The molecule has 1 unspecified atom stereocenters. The number of carbonyl (C=O) groups is 1. The summed E-state index contributed by atoms with van der Waals surface area (Å²) in [7, 11) is 2.01. The molecule has 0 radical (unpaired) electrons. The number of thioether (sulfide) groups is 1. The highest BCUT2D eigenvalue weighted by molar-refractivity contribution is 7.98. The van der Waals surface area contributed by atoms with Gasteiger partial charge in [0.1, 0.15) is 0 Å². The molecule has 20 heavy (non-hydrogen) atoms. The number of carbonyl (C=O) groups excluding carboxylic acids is 1. The van der Waals surface area contributed by atoms with Crippen LogP contribution in [0.2, 0.25) is 0 Å². The molecule has 1 atom stereocenters. The molecule has 4 nitrogen and oxygen atoms in total. The van der Waals surface area contributed by atoms with Crippen molar-refractivity contribution in [1.82, 2.24) is 4.90 Å². The molecule has 0 N–H and O–H groups in total. The van der Waals surface area contributed by atoms with Crippen molar-refractivity contribution in [2.75, 3.05) is 32.4 Å². The Labute approximate surface area is 124 Å². The average molecular weight is 295 g/mol. The predicted octanol–water partition coefficient (Wildman–Crippen LogP) is 2.67. The van der Waals surface area contributed by atoms with Crippen LogP contribution in [0, 0.1) is 0 Å². The summed E-state index contributed by atoms with van der Waals surface area (Å²) in [4.78, 5) is 14.5. The molecule has 2 rings (SSSR count). The van der Waals surface area contributed by atoms with Gasteiger partial charge >= 0.3 is 0 Å². The number of likely N-dealkylation sites (N-methyl/N-ethyl adjacent to an activating group) is 1. The first-order valence-electron chi connectivity index (χ1n) is 6.77. The van der Waals surface area contributed by atoms with Gasteiger partial charge in [-0.1, -0.05) is 6.92 Å². The number of nitrogens with zero attached hydrogens (tertiary/aromatic N) is 1. The first kappa shape index (κ1) is 15.2. The largest absolute Gasteiger partial charge is 0.454 e. The van der Waals surface area contributed by atoms with E-state index in [4.69, 9.17) is 9.47 Å². The zero-order valence-corrected chi connectivity index (χ0v) is 13.0. The second kappa shape index (κ2) is 6.99. The van der Waals surface area contributed by atoms with Crippen LogP contribution in [0.4, 0.5) is 0 Å². The number of benzene rings is 1. The molecule has 1 heterocycles. The highest BCUT2D eigenvalue weighted by Crippen LogP contribution is 2.32. The molecule has 0 spiro atoms. The highest BCUT2D eigenvalue weighted by atomic mass is 32.2. The maximum Gasteiger partial charge on any atom is 0.231 e. The fraction of sp³-hybridized carbons (Fsp3) is 0.533. The number of ether oxygens (including phenoxy) is 2. The molecule has 1 aromatic carbocycles. The Bertz CT molecular complexity index is 478. The maximum absolute atomic E-state index is 12.3. The Hall–Kier alpha value is -1.20. The molecule has 1 aliphatic rings. The SMILES string of the molecule is CCC(CSC)N(C)CC(=O)c1ccc2c(c1)OCO2. The van der Waals surface area contributed by atoms with E-state index in [1.807, 2.05) is 18.8 Å². The first-order chi connectivity index (χ1) is 9.65. The van der Waals surface area contributed by atoms with Gasteiger partial charge in [0.25, 0.3) is 0 Å². The van der Waals surface area contributed by atoms with E-state index in [1.165, 1.54) is 0 Å². The van der Waals surface area contributed by atoms with Gasteiger partial charge in [-0.15, -0.1) is 0 Å². The van der Waals surface area contributed by atoms with Crippen LogP contribution >= 0.6 is 11.8 Å². The summed E-state index contributed by atoms with van der Waals surface area (Å²) in [5, 5.41) is 0.